The van der Waals surface area contributed by atoms with Gasteiger partial charge in [0.15, 0.2) is 0 Å². The van der Waals surface area contributed by atoms with Gasteiger partial charge in [-0.05, 0) is 36.8 Å². The highest BCUT2D eigenvalue weighted by Crippen LogP contribution is 2.27. The molecule has 94 valence electrons. The quantitative estimate of drug-likeness (QED) is 0.644. The van der Waals surface area contributed by atoms with Crippen LogP contribution in [-0.4, -0.2) is 24.5 Å². The lowest BCUT2D eigenvalue weighted by molar-refractivity contribution is 0.218. The monoisotopic (exact) mass is 252 g/mol. The standard InChI is InChI=1S/C13H20N2OS/c1-16-6-7-17-13-11(9-14)8-10-4-2-3-5-12(10)15-13/h8H,2-7,9,14H2,1H3. The molecule has 1 heterocycles. The molecule has 0 bridgehead atoms. The predicted octanol–water partition coefficient (Wildman–Crippen LogP) is 2.16. The van der Waals surface area contributed by atoms with Gasteiger partial charge in [0, 0.05) is 25.1 Å². The summed E-state index contributed by atoms with van der Waals surface area (Å²) < 4.78 is 5.07. The van der Waals surface area contributed by atoms with Gasteiger partial charge in [-0.2, -0.15) is 0 Å². The van der Waals surface area contributed by atoms with Crippen LogP contribution in [0.4, 0.5) is 0 Å². The largest absolute Gasteiger partial charge is 0.384 e. The first-order valence-electron chi connectivity index (χ1n) is 6.18. The van der Waals surface area contributed by atoms with Crippen molar-refractivity contribution < 1.29 is 4.74 Å². The van der Waals surface area contributed by atoms with Gasteiger partial charge in [0.1, 0.15) is 5.03 Å². The Morgan fingerprint density at radius 3 is 3.00 bits per heavy atom. The van der Waals surface area contributed by atoms with Crippen molar-refractivity contribution in [3.05, 3.63) is 22.9 Å². The number of nitrogens with two attached hydrogens (primary N) is 1. The van der Waals surface area contributed by atoms with Crippen LogP contribution < -0.4 is 5.73 Å². The Morgan fingerprint density at radius 1 is 1.41 bits per heavy atom. The second-order valence-electron chi connectivity index (χ2n) is 4.31. The highest BCUT2D eigenvalue weighted by molar-refractivity contribution is 7.99. The summed E-state index contributed by atoms with van der Waals surface area (Å²) in [6.45, 7) is 1.34. The number of ether oxygens (including phenoxy) is 1. The van der Waals surface area contributed by atoms with Gasteiger partial charge in [-0.3, -0.25) is 0 Å². The molecule has 0 amide bonds. The summed E-state index contributed by atoms with van der Waals surface area (Å²) in [6, 6.07) is 2.26. The zero-order valence-corrected chi connectivity index (χ0v) is 11.2. The van der Waals surface area contributed by atoms with Crippen LogP contribution in [0.1, 0.15) is 29.7 Å². The Morgan fingerprint density at radius 2 is 2.24 bits per heavy atom. The van der Waals surface area contributed by atoms with E-state index < -0.39 is 0 Å². The van der Waals surface area contributed by atoms with Crippen molar-refractivity contribution >= 4 is 11.8 Å². The highest BCUT2D eigenvalue weighted by Gasteiger charge is 2.14. The molecular formula is C13H20N2OS. The fourth-order valence-electron chi connectivity index (χ4n) is 2.16. The molecule has 0 fully saturated rings. The topological polar surface area (TPSA) is 48.1 Å². The maximum Gasteiger partial charge on any atom is 0.101 e. The van der Waals surface area contributed by atoms with Crippen molar-refractivity contribution in [2.45, 2.75) is 37.3 Å². The van der Waals surface area contributed by atoms with Crippen LogP contribution >= 0.6 is 11.8 Å². The second kappa shape index (κ2) is 6.38. The first kappa shape index (κ1) is 12.9. The van der Waals surface area contributed by atoms with Gasteiger partial charge in [0.2, 0.25) is 0 Å². The molecule has 1 aliphatic carbocycles. The molecule has 0 aliphatic heterocycles. The van der Waals surface area contributed by atoms with Gasteiger partial charge in [0.25, 0.3) is 0 Å². The summed E-state index contributed by atoms with van der Waals surface area (Å²) in [7, 11) is 1.73. The Kier molecular flexibility index (Phi) is 4.83. The zero-order valence-electron chi connectivity index (χ0n) is 10.4. The maximum atomic E-state index is 5.80. The molecule has 2 N–H and O–H groups in total. The summed E-state index contributed by atoms with van der Waals surface area (Å²) in [5, 5.41) is 1.10. The number of aromatic nitrogens is 1. The Balaban J connectivity index is 2.17. The van der Waals surface area contributed by atoms with Crippen molar-refractivity contribution in [2.24, 2.45) is 5.73 Å². The maximum absolute atomic E-state index is 5.80. The molecule has 0 radical (unpaired) electrons. The van der Waals surface area contributed by atoms with E-state index in [4.69, 9.17) is 15.5 Å². The van der Waals surface area contributed by atoms with Crippen LogP contribution in [-0.2, 0) is 24.1 Å². The second-order valence-corrected chi connectivity index (χ2v) is 5.39. The van der Waals surface area contributed by atoms with E-state index in [1.807, 2.05) is 0 Å². The van der Waals surface area contributed by atoms with E-state index >= 15 is 0 Å². The Hall–Kier alpha value is -0.580. The number of rotatable bonds is 5. The molecule has 0 saturated carbocycles. The van der Waals surface area contributed by atoms with Gasteiger partial charge in [-0.1, -0.05) is 6.07 Å². The lowest BCUT2D eigenvalue weighted by Crippen LogP contribution is -2.10. The van der Waals surface area contributed by atoms with Crippen LogP contribution in [0.5, 0.6) is 0 Å². The zero-order chi connectivity index (χ0) is 12.1. The minimum Gasteiger partial charge on any atom is -0.384 e. The number of nitrogens with zero attached hydrogens (tertiary/aromatic N) is 1. The van der Waals surface area contributed by atoms with Gasteiger partial charge in [-0.15, -0.1) is 11.8 Å². The Bertz CT molecular complexity index is 382. The van der Waals surface area contributed by atoms with E-state index in [0.29, 0.717) is 6.54 Å². The van der Waals surface area contributed by atoms with Gasteiger partial charge >= 0.3 is 0 Å². The summed E-state index contributed by atoms with van der Waals surface area (Å²) in [5.41, 5.74) is 9.69. The van der Waals surface area contributed by atoms with E-state index in [1.165, 1.54) is 36.1 Å². The van der Waals surface area contributed by atoms with Crippen molar-refractivity contribution in [2.75, 3.05) is 19.5 Å². The SMILES string of the molecule is COCCSc1nc2c(cc1CN)CCCC2. The first-order chi connectivity index (χ1) is 8.35. The third-order valence-electron chi connectivity index (χ3n) is 3.09. The first-order valence-corrected chi connectivity index (χ1v) is 7.17. The van der Waals surface area contributed by atoms with Gasteiger partial charge < -0.3 is 10.5 Å². The molecule has 0 aromatic carbocycles. The molecular weight excluding hydrogens is 232 g/mol. The molecule has 0 spiro atoms. The average Bonchev–Trinajstić information content (AvgIpc) is 2.38. The number of methoxy groups -OCH3 is 1. The number of fused-ring (bicyclic) bond motifs is 1. The van der Waals surface area contributed by atoms with E-state index in [0.717, 1.165) is 23.8 Å². The lowest BCUT2D eigenvalue weighted by Gasteiger charge is -2.18. The number of pyridine rings is 1. The highest BCUT2D eigenvalue weighted by atomic mass is 32.2. The summed E-state index contributed by atoms with van der Waals surface area (Å²) in [6.07, 6.45) is 4.84. The average molecular weight is 252 g/mol. The van der Waals surface area contributed by atoms with Crippen LogP contribution in [0.3, 0.4) is 0 Å². The molecule has 3 nitrogen and oxygen atoms in total. The fourth-order valence-corrected chi connectivity index (χ4v) is 3.10. The predicted molar refractivity (Wildman–Crippen MR) is 71.4 cm³/mol. The van der Waals surface area contributed by atoms with Crippen molar-refractivity contribution in [1.29, 1.82) is 0 Å². The van der Waals surface area contributed by atoms with Gasteiger partial charge in [-0.25, -0.2) is 4.98 Å². The molecule has 1 aromatic rings. The Labute approximate surface area is 107 Å². The molecule has 17 heavy (non-hydrogen) atoms. The minimum atomic E-state index is 0.579. The summed E-state index contributed by atoms with van der Waals surface area (Å²) in [5.74, 6) is 0.940. The number of hydrogen-bond donors (Lipinski definition) is 1. The van der Waals surface area contributed by atoms with Crippen LogP contribution in [0, 0.1) is 0 Å². The summed E-state index contributed by atoms with van der Waals surface area (Å²) in [4.78, 5) is 4.78. The van der Waals surface area contributed by atoms with Crippen molar-refractivity contribution in [3.8, 4) is 0 Å². The molecule has 1 aliphatic rings. The molecule has 0 atom stereocenters. The molecule has 1 aromatic heterocycles. The summed E-state index contributed by atoms with van der Waals surface area (Å²) >= 11 is 1.75. The lowest BCUT2D eigenvalue weighted by atomic mass is 9.95. The van der Waals surface area contributed by atoms with Crippen molar-refractivity contribution in [3.63, 3.8) is 0 Å². The normalized spacial score (nSPS) is 14.7. The third-order valence-corrected chi connectivity index (χ3v) is 4.08. The van der Waals surface area contributed by atoms with Crippen molar-refractivity contribution in [1.82, 2.24) is 4.98 Å². The minimum absolute atomic E-state index is 0.579. The van der Waals surface area contributed by atoms with Crippen LogP contribution in [0.15, 0.2) is 11.1 Å². The molecule has 4 heteroatoms. The number of aryl methyl sites for hydroxylation is 2. The number of thioether (sulfide) groups is 1. The smallest absolute Gasteiger partial charge is 0.101 e. The van der Waals surface area contributed by atoms with E-state index in [-0.39, 0.29) is 0 Å². The van der Waals surface area contributed by atoms with E-state index in [2.05, 4.69) is 6.07 Å². The fraction of sp³-hybridized carbons (Fsp3) is 0.615. The van der Waals surface area contributed by atoms with Crippen LogP contribution in [0.25, 0.3) is 0 Å². The van der Waals surface area contributed by atoms with Gasteiger partial charge in [0.05, 0.1) is 6.61 Å². The molecule has 0 unspecified atom stereocenters. The van der Waals surface area contributed by atoms with Crippen LogP contribution in [0.2, 0.25) is 0 Å². The third kappa shape index (κ3) is 3.21. The van der Waals surface area contributed by atoms with E-state index in [9.17, 15) is 0 Å². The number of hydrogen-bond acceptors (Lipinski definition) is 4. The molecule has 2 rings (SSSR count). The van der Waals surface area contributed by atoms with E-state index in [1.54, 1.807) is 18.9 Å². The molecule has 0 saturated heterocycles.